The maximum Gasteiger partial charge on any atom is 0.270 e. The number of nitrogens with zero attached hydrogens (tertiary/aromatic N) is 2. The van der Waals surface area contributed by atoms with Crippen LogP contribution in [0.15, 0.2) is 4.34 Å². The predicted octanol–water partition coefficient (Wildman–Crippen LogP) is 0.940. The van der Waals surface area contributed by atoms with Crippen molar-refractivity contribution in [1.82, 2.24) is 9.29 Å². The smallest absolute Gasteiger partial charge is 0.270 e. The summed E-state index contributed by atoms with van der Waals surface area (Å²) in [6.45, 7) is 5.95. The van der Waals surface area contributed by atoms with Crippen molar-refractivity contribution in [2.45, 2.75) is 30.2 Å². The van der Waals surface area contributed by atoms with Crippen molar-refractivity contribution in [3.63, 3.8) is 0 Å². The molecule has 3 rings (SSSR count). The lowest BCUT2D eigenvalue weighted by molar-refractivity contribution is -0.0897. The van der Waals surface area contributed by atoms with Gasteiger partial charge in [-0.25, -0.2) is 13.4 Å². The molecule has 2 aliphatic rings. The van der Waals surface area contributed by atoms with E-state index in [1.807, 2.05) is 13.8 Å². The lowest BCUT2D eigenvalue weighted by atomic mass is 10.0. The number of sulfonamides is 1. The Morgan fingerprint density at radius 2 is 2.15 bits per heavy atom. The van der Waals surface area contributed by atoms with E-state index in [1.54, 1.807) is 0 Å². The van der Waals surface area contributed by atoms with Crippen LogP contribution in [0.4, 0.5) is 0 Å². The number of hydrogen-bond donors (Lipinski definition) is 0. The standard InChI is InChI=1S/C12H18N2O4S2/c1-9-10(2)19-11(13-9)20(15,16)14-4-6-18-12(7-14)3-5-17-8-12/h3-8H2,1-2H3. The molecule has 112 valence electrons. The molecule has 0 radical (unpaired) electrons. The first-order chi connectivity index (χ1) is 9.43. The highest BCUT2D eigenvalue weighted by Gasteiger charge is 2.44. The van der Waals surface area contributed by atoms with Crippen molar-refractivity contribution in [1.29, 1.82) is 0 Å². The molecule has 6 nitrogen and oxygen atoms in total. The molecular formula is C12H18N2O4S2. The first-order valence-corrected chi connectivity index (χ1v) is 8.85. The third kappa shape index (κ3) is 2.39. The zero-order valence-electron chi connectivity index (χ0n) is 11.6. The fraction of sp³-hybridized carbons (Fsp3) is 0.750. The fourth-order valence-electron chi connectivity index (χ4n) is 2.51. The van der Waals surface area contributed by atoms with E-state index in [9.17, 15) is 8.42 Å². The topological polar surface area (TPSA) is 68.7 Å². The van der Waals surface area contributed by atoms with Crippen molar-refractivity contribution >= 4 is 21.4 Å². The van der Waals surface area contributed by atoms with Crippen molar-refractivity contribution in [3.05, 3.63) is 10.6 Å². The number of rotatable bonds is 2. The number of aryl methyl sites for hydroxylation is 2. The molecule has 2 fully saturated rings. The molecule has 1 aromatic rings. The number of aromatic nitrogens is 1. The van der Waals surface area contributed by atoms with Gasteiger partial charge in [0.15, 0.2) is 0 Å². The van der Waals surface area contributed by atoms with E-state index in [-0.39, 0.29) is 4.34 Å². The molecule has 0 aromatic carbocycles. The van der Waals surface area contributed by atoms with Crippen LogP contribution in [0.25, 0.3) is 0 Å². The molecule has 0 saturated carbocycles. The summed E-state index contributed by atoms with van der Waals surface area (Å²) in [4.78, 5) is 5.13. The van der Waals surface area contributed by atoms with E-state index in [4.69, 9.17) is 9.47 Å². The summed E-state index contributed by atoms with van der Waals surface area (Å²) in [5.74, 6) is 0. The second-order valence-corrected chi connectivity index (χ2v) is 8.61. The third-order valence-electron chi connectivity index (χ3n) is 3.85. The zero-order chi connectivity index (χ0) is 14.4. The van der Waals surface area contributed by atoms with Gasteiger partial charge in [0.1, 0.15) is 5.60 Å². The van der Waals surface area contributed by atoms with Gasteiger partial charge in [-0.15, -0.1) is 11.3 Å². The molecule has 0 amide bonds. The van der Waals surface area contributed by atoms with Crippen LogP contribution in [0, 0.1) is 13.8 Å². The van der Waals surface area contributed by atoms with Crippen LogP contribution in [0.5, 0.6) is 0 Å². The molecular weight excluding hydrogens is 300 g/mol. The highest BCUT2D eigenvalue weighted by atomic mass is 32.2. The Balaban J connectivity index is 1.87. The molecule has 20 heavy (non-hydrogen) atoms. The van der Waals surface area contributed by atoms with E-state index in [2.05, 4.69) is 4.98 Å². The molecule has 1 unspecified atom stereocenters. The Morgan fingerprint density at radius 3 is 2.75 bits per heavy atom. The summed E-state index contributed by atoms with van der Waals surface area (Å²) < 4.78 is 38.2. The van der Waals surface area contributed by atoms with Crippen LogP contribution in [0.1, 0.15) is 17.0 Å². The monoisotopic (exact) mass is 318 g/mol. The normalized spacial score (nSPS) is 28.3. The average Bonchev–Trinajstić information content (AvgIpc) is 2.98. The summed E-state index contributed by atoms with van der Waals surface area (Å²) in [5, 5.41) is 0. The van der Waals surface area contributed by atoms with Gasteiger partial charge in [0, 0.05) is 31.0 Å². The van der Waals surface area contributed by atoms with Crippen LogP contribution in [-0.2, 0) is 19.5 Å². The second-order valence-electron chi connectivity index (χ2n) is 5.29. The first kappa shape index (κ1) is 14.4. The molecule has 0 aliphatic carbocycles. The predicted molar refractivity (Wildman–Crippen MR) is 74.5 cm³/mol. The molecule has 3 heterocycles. The van der Waals surface area contributed by atoms with E-state index >= 15 is 0 Å². The number of thiazole rings is 1. The van der Waals surface area contributed by atoms with E-state index in [1.165, 1.54) is 15.6 Å². The molecule has 8 heteroatoms. The Labute approximate surface area is 122 Å². The van der Waals surface area contributed by atoms with Crippen molar-refractivity contribution < 1.29 is 17.9 Å². The highest BCUT2D eigenvalue weighted by Crippen LogP contribution is 2.31. The quantitative estimate of drug-likeness (QED) is 0.812. The number of ether oxygens (including phenoxy) is 2. The van der Waals surface area contributed by atoms with Crippen molar-refractivity contribution in [3.8, 4) is 0 Å². The number of morpholine rings is 1. The molecule has 0 N–H and O–H groups in total. The summed E-state index contributed by atoms with van der Waals surface area (Å²) >= 11 is 1.23. The van der Waals surface area contributed by atoms with Crippen LogP contribution in [0.3, 0.4) is 0 Å². The maximum absolute atomic E-state index is 12.7. The zero-order valence-corrected chi connectivity index (χ0v) is 13.2. The van der Waals surface area contributed by atoms with Gasteiger partial charge in [0.05, 0.1) is 18.9 Å². The second kappa shape index (κ2) is 5.03. The van der Waals surface area contributed by atoms with Crippen LogP contribution in [-0.4, -0.2) is 56.2 Å². The van der Waals surface area contributed by atoms with Gasteiger partial charge in [-0.2, -0.15) is 4.31 Å². The Kier molecular flexibility index (Phi) is 3.62. The fourth-order valence-corrected chi connectivity index (χ4v) is 5.45. The number of hydrogen-bond acceptors (Lipinski definition) is 6. The van der Waals surface area contributed by atoms with Gasteiger partial charge >= 0.3 is 0 Å². The molecule has 2 saturated heterocycles. The minimum absolute atomic E-state index is 0.184. The molecule has 0 bridgehead atoms. The summed E-state index contributed by atoms with van der Waals surface area (Å²) in [7, 11) is -3.52. The third-order valence-corrected chi connectivity index (χ3v) is 7.12. The summed E-state index contributed by atoms with van der Waals surface area (Å²) in [6, 6.07) is 0. The maximum atomic E-state index is 12.7. The van der Waals surface area contributed by atoms with Crippen LogP contribution in [0.2, 0.25) is 0 Å². The molecule has 1 spiro atoms. The van der Waals surface area contributed by atoms with Gasteiger partial charge < -0.3 is 9.47 Å². The van der Waals surface area contributed by atoms with Crippen molar-refractivity contribution in [2.24, 2.45) is 0 Å². The van der Waals surface area contributed by atoms with E-state index in [0.717, 1.165) is 17.0 Å². The molecule has 1 aromatic heterocycles. The SMILES string of the molecule is Cc1nc(S(=O)(=O)N2CCOC3(CCOC3)C2)sc1C. The van der Waals surface area contributed by atoms with E-state index in [0.29, 0.717) is 32.9 Å². The Hall–Kier alpha value is -0.540. The minimum atomic E-state index is -3.52. The molecule has 2 aliphatic heterocycles. The first-order valence-electron chi connectivity index (χ1n) is 6.59. The Morgan fingerprint density at radius 1 is 1.35 bits per heavy atom. The summed E-state index contributed by atoms with van der Waals surface area (Å²) in [5.41, 5.74) is 0.313. The van der Waals surface area contributed by atoms with Crippen LogP contribution >= 0.6 is 11.3 Å². The molecule has 1 atom stereocenters. The average molecular weight is 318 g/mol. The van der Waals surface area contributed by atoms with Gasteiger partial charge in [0.25, 0.3) is 10.0 Å². The van der Waals surface area contributed by atoms with Gasteiger partial charge in [-0.05, 0) is 13.8 Å². The Bertz CT molecular complexity index is 585. The lowest BCUT2D eigenvalue weighted by Crippen LogP contribution is -2.54. The minimum Gasteiger partial charge on any atom is -0.378 e. The van der Waals surface area contributed by atoms with Gasteiger partial charge in [-0.3, -0.25) is 0 Å². The largest absolute Gasteiger partial charge is 0.378 e. The van der Waals surface area contributed by atoms with Crippen LogP contribution < -0.4 is 0 Å². The van der Waals surface area contributed by atoms with E-state index < -0.39 is 15.6 Å². The van der Waals surface area contributed by atoms with Gasteiger partial charge in [-0.1, -0.05) is 0 Å². The highest BCUT2D eigenvalue weighted by molar-refractivity contribution is 7.91. The van der Waals surface area contributed by atoms with Gasteiger partial charge in [0.2, 0.25) is 4.34 Å². The summed E-state index contributed by atoms with van der Waals surface area (Å²) in [6.07, 6.45) is 0.745. The lowest BCUT2D eigenvalue weighted by Gasteiger charge is -2.38. The van der Waals surface area contributed by atoms with Crippen molar-refractivity contribution in [2.75, 3.05) is 32.9 Å².